The minimum atomic E-state index is -0.121. The molecule has 2 fully saturated rings. The van der Waals surface area contributed by atoms with E-state index in [2.05, 4.69) is 17.0 Å². The standard InChI is InChI=1S/C17H27N5O2/c1-13(10-22-5-4-14(2)18-22)16(23)21-11-15(12-21)17(24)20-8-6-19(3)7-9-20/h4-5,13,15H,6-12H2,1-3H3/t13-/m0/s1. The summed E-state index contributed by atoms with van der Waals surface area (Å²) in [7, 11) is 2.08. The van der Waals surface area contributed by atoms with Gasteiger partial charge in [0.25, 0.3) is 0 Å². The van der Waals surface area contributed by atoms with Gasteiger partial charge in [-0.2, -0.15) is 5.10 Å². The number of amides is 2. The number of rotatable bonds is 4. The summed E-state index contributed by atoms with van der Waals surface area (Å²) >= 11 is 0. The highest BCUT2D eigenvalue weighted by atomic mass is 16.2. The molecule has 0 saturated carbocycles. The Morgan fingerprint density at radius 3 is 2.46 bits per heavy atom. The van der Waals surface area contributed by atoms with Crippen LogP contribution in [-0.4, -0.2) is 82.6 Å². The summed E-state index contributed by atoms with van der Waals surface area (Å²) in [6.45, 7) is 9.04. The Bertz CT molecular complexity index is 600. The van der Waals surface area contributed by atoms with Gasteiger partial charge in [0.15, 0.2) is 0 Å². The Labute approximate surface area is 143 Å². The van der Waals surface area contributed by atoms with Gasteiger partial charge in [-0.3, -0.25) is 14.3 Å². The third-order valence-electron chi connectivity index (χ3n) is 5.01. The second-order valence-corrected chi connectivity index (χ2v) is 7.15. The quantitative estimate of drug-likeness (QED) is 0.782. The van der Waals surface area contributed by atoms with E-state index in [9.17, 15) is 9.59 Å². The average Bonchev–Trinajstić information content (AvgIpc) is 2.91. The fourth-order valence-corrected chi connectivity index (χ4v) is 3.33. The summed E-state index contributed by atoms with van der Waals surface area (Å²) < 4.78 is 1.81. The van der Waals surface area contributed by atoms with E-state index in [1.54, 1.807) is 4.90 Å². The fraction of sp³-hybridized carbons (Fsp3) is 0.706. The van der Waals surface area contributed by atoms with Crippen LogP contribution >= 0.6 is 0 Å². The number of piperazine rings is 1. The van der Waals surface area contributed by atoms with Gasteiger partial charge in [0, 0.05) is 45.5 Å². The molecule has 0 bridgehead atoms. The van der Waals surface area contributed by atoms with Crippen molar-refractivity contribution < 1.29 is 9.59 Å². The molecule has 2 saturated heterocycles. The highest BCUT2D eigenvalue weighted by molar-refractivity contribution is 5.85. The van der Waals surface area contributed by atoms with Crippen LogP contribution in [0.5, 0.6) is 0 Å². The van der Waals surface area contributed by atoms with Gasteiger partial charge in [-0.05, 0) is 20.0 Å². The zero-order valence-electron chi connectivity index (χ0n) is 14.8. The van der Waals surface area contributed by atoms with Gasteiger partial charge >= 0.3 is 0 Å². The molecule has 1 atom stereocenters. The van der Waals surface area contributed by atoms with Gasteiger partial charge < -0.3 is 14.7 Å². The maximum Gasteiger partial charge on any atom is 0.229 e. The fourth-order valence-electron chi connectivity index (χ4n) is 3.33. The predicted octanol–water partition coefficient (Wildman–Crippen LogP) is 0.0600. The smallest absolute Gasteiger partial charge is 0.229 e. The number of aryl methyl sites for hydroxylation is 1. The number of likely N-dealkylation sites (tertiary alicyclic amines) is 1. The molecule has 0 spiro atoms. The van der Waals surface area contributed by atoms with Crippen molar-refractivity contribution in [1.82, 2.24) is 24.5 Å². The lowest BCUT2D eigenvalue weighted by molar-refractivity contribution is -0.151. The molecule has 0 radical (unpaired) electrons. The topological polar surface area (TPSA) is 61.7 Å². The van der Waals surface area contributed by atoms with Gasteiger partial charge in [0.1, 0.15) is 0 Å². The first kappa shape index (κ1) is 17.0. The molecule has 2 aliphatic rings. The van der Waals surface area contributed by atoms with Gasteiger partial charge in [0.2, 0.25) is 11.8 Å². The largest absolute Gasteiger partial charge is 0.341 e. The Morgan fingerprint density at radius 1 is 1.21 bits per heavy atom. The van der Waals surface area contributed by atoms with Crippen molar-refractivity contribution in [3.8, 4) is 0 Å². The normalized spacial score (nSPS) is 20.8. The molecule has 3 heterocycles. The molecule has 7 heteroatoms. The maximum atomic E-state index is 12.5. The Kier molecular flexibility index (Phi) is 4.89. The Morgan fingerprint density at radius 2 is 1.88 bits per heavy atom. The molecule has 0 unspecified atom stereocenters. The van der Waals surface area contributed by atoms with Crippen molar-refractivity contribution in [2.75, 3.05) is 46.3 Å². The van der Waals surface area contributed by atoms with Crippen molar-refractivity contribution in [2.45, 2.75) is 20.4 Å². The lowest BCUT2D eigenvalue weighted by atomic mass is 9.95. The lowest BCUT2D eigenvalue weighted by Crippen LogP contribution is -2.59. The Hall–Kier alpha value is -1.89. The molecular formula is C17H27N5O2. The van der Waals surface area contributed by atoms with Crippen molar-refractivity contribution in [2.24, 2.45) is 11.8 Å². The first-order valence-electron chi connectivity index (χ1n) is 8.70. The molecule has 2 aliphatic heterocycles. The lowest BCUT2D eigenvalue weighted by Gasteiger charge is -2.43. The number of carbonyl (C=O) groups is 2. The zero-order valence-corrected chi connectivity index (χ0v) is 14.8. The predicted molar refractivity (Wildman–Crippen MR) is 90.3 cm³/mol. The molecular weight excluding hydrogens is 306 g/mol. The van der Waals surface area contributed by atoms with E-state index >= 15 is 0 Å². The highest BCUT2D eigenvalue weighted by Crippen LogP contribution is 2.21. The summed E-state index contributed by atoms with van der Waals surface area (Å²) in [5.74, 6) is 0.188. The van der Waals surface area contributed by atoms with Crippen molar-refractivity contribution in [3.63, 3.8) is 0 Å². The van der Waals surface area contributed by atoms with Crippen LogP contribution in [0.25, 0.3) is 0 Å². The van der Waals surface area contributed by atoms with E-state index in [0.717, 1.165) is 31.9 Å². The first-order chi connectivity index (χ1) is 11.4. The number of aromatic nitrogens is 2. The number of hydrogen-bond acceptors (Lipinski definition) is 4. The van der Waals surface area contributed by atoms with E-state index in [-0.39, 0.29) is 23.7 Å². The first-order valence-corrected chi connectivity index (χ1v) is 8.70. The van der Waals surface area contributed by atoms with Crippen LogP contribution in [0.1, 0.15) is 12.6 Å². The minimum Gasteiger partial charge on any atom is -0.341 e. The van der Waals surface area contributed by atoms with Crippen LogP contribution in [-0.2, 0) is 16.1 Å². The van der Waals surface area contributed by atoms with Crippen LogP contribution in [0.15, 0.2) is 12.3 Å². The highest BCUT2D eigenvalue weighted by Gasteiger charge is 2.39. The minimum absolute atomic E-state index is 0.0171. The van der Waals surface area contributed by atoms with Gasteiger partial charge in [-0.25, -0.2) is 0 Å². The van der Waals surface area contributed by atoms with E-state index in [4.69, 9.17) is 0 Å². The van der Waals surface area contributed by atoms with Gasteiger partial charge in [-0.1, -0.05) is 6.92 Å². The van der Waals surface area contributed by atoms with Crippen LogP contribution in [0.4, 0.5) is 0 Å². The molecule has 7 nitrogen and oxygen atoms in total. The maximum absolute atomic E-state index is 12.5. The second-order valence-electron chi connectivity index (χ2n) is 7.15. The van der Waals surface area contributed by atoms with Crippen LogP contribution in [0.3, 0.4) is 0 Å². The SMILES string of the molecule is Cc1ccn(C[C@H](C)C(=O)N2CC(C(=O)N3CCN(C)CC3)C2)n1. The molecule has 0 aliphatic carbocycles. The van der Waals surface area contributed by atoms with Crippen LogP contribution < -0.4 is 0 Å². The summed E-state index contributed by atoms with van der Waals surface area (Å²) in [5, 5.41) is 4.33. The van der Waals surface area contributed by atoms with E-state index in [1.165, 1.54) is 0 Å². The average molecular weight is 333 g/mol. The van der Waals surface area contributed by atoms with E-state index < -0.39 is 0 Å². The number of nitrogens with zero attached hydrogens (tertiary/aromatic N) is 5. The number of carbonyl (C=O) groups excluding carboxylic acids is 2. The van der Waals surface area contributed by atoms with E-state index in [1.807, 2.05) is 35.7 Å². The summed E-state index contributed by atoms with van der Waals surface area (Å²) in [6.07, 6.45) is 1.90. The molecule has 3 rings (SSSR count). The third-order valence-corrected chi connectivity index (χ3v) is 5.01. The van der Waals surface area contributed by atoms with Crippen molar-refractivity contribution >= 4 is 11.8 Å². The van der Waals surface area contributed by atoms with E-state index in [0.29, 0.717) is 19.6 Å². The molecule has 1 aromatic rings. The molecule has 24 heavy (non-hydrogen) atoms. The molecule has 0 N–H and O–H groups in total. The summed E-state index contributed by atoms with van der Waals surface area (Å²) in [6, 6.07) is 1.94. The summed E-state index contributed by atoms with van der Waals surface area (Å²) in [5.41, 5.74) is 0.955. The van der Waals surface area contributed by atoms with Gasteiger partial charge in [0.05, 0.1) is 24.1 Å². The van der Waals surface area contributed by atoms with Crippen LogP contribution in [0, 0.1) is 18.8 Å². The molecule has 132 valence electrons. The monoisotopic (exact) mass is 333 g/mol. The molecule has 0 aromatic carbocycles. The molecule has 1 aromatic heterocycles. The second kappa shape index (κ2) is 6.93. The van der Waals surface area contributed by atoms with Crippen molar-refractivity contribution in [1.29, 1.82) is 0 Å². The number of likely N-dealkylation sites (N-methyl/N-ethyl adjacent to an activating group) is 1. The van der Waals surface area contributed by atoms with Crippen LogP contribution in [0.2, 0.25) is 0 Å². The third kappa shape index (κ3) is 3.61. The van der Waals surface area contributed by atoms with Crippen molar-refractivity contribution in [3.05, 3.63) is 18.0 Å². The zero-order chi connectivity index (χ0) is 17.3. The number of hydrogen-bond donors (Lipinski definition) is 0. The summed E-state index contributed by atoms with van der Waals surface area (Å²) in [4.78, 5) is 30.9. The Balaban J connectivity index is 1.45. The molecule has 2 amide bonds. The van der Waals surface area contributed by atoms with Gasteiger partial charge in [-0.15, -0.1) is 0 Å².